The van der Waals surface area contributed by atoms with E-state index in [-0.39, 0.29) is 10.8 Å². The van der Waals surface area contributed by atoms with Gasteiger partial charge in [0.05, 0.1) is 28.1 Å². The van der Waals surface area contributed by atoms with E-state index >= 15 is 0 Å². The molecule has 0 atom stereocenters. The zero-order valence-corrected chi connectivity index (χ0v) is 53.6. The van der Waals surface area contributed by atoms with Crippen molar-refractivity contribution in [3.05, 3.63) is 319 Å². The molecule has 0 spiro atoms. The second-order valence-corrected chi connectivity index (χ2v) is 27.4. The van der Waals surface area contributed by atoms with E-state index < -0.39 is 0 Å². The van der Waals surface area contributed by atoms with E-state index in [4.69, 9.17) is 11.6 Å². The van der Waals surface area contributed by atoms with Gasteiger partial charge in [-0.25, -0.2) is 0 Å². The number of hydrogen-bond donors (Lipinski definition) is 0. The SMILES string of the molecule is CC(C)(C)c1ccc2c(c1)c1cc(C(C)(C)C)ccc1n2-c1cc(N(c2cc(-c3ccccc3)cc(N(c3cccc(Cl)c3)c3c(-c4ccccc4)cccc3-c3ccccc3)c2)c2c(-c3ccccc3)cccc2-c2ccccc2)cc2sc3ccccc3c12. The van der Waals surface area contributed by atoms with Crippen LogP contribution in [-0.2, 0) is 10.8 Å². The highest BCUT2D eigenvalue weighted by molar-refractivity contribution is 7.26. The van der Waals surface area contributed by atoms with Gasteiger partial charge in [-0.3, -0.25) is 0 Å². The molecular weight excluding hydrogens is 1140 g/mol. The van der Waals surface area contributed by atoms with Crippen molar-refractivity contribution in [2.24, 2.45) is 0 Å². The lowest BCUT2D eigenvalue weighted by Gasteiger charge is -2.34. The zero-order valence-electron chi connectivity index (χ0n) is 52.0. The largest absolute Gasteiger partial charge is 0.309 e. The Bertz CT molecular complexity index is 5010. The monoisotopic (exact) mass is 1210 g/mol. The van der Waals surface area contributed by atoms with Crippen LogP contribution in [0.3, 0.4) is 0 Å². The highest BCUT2D eigenvalue weighted by Gasteiger charge is 2.30. The van der Waals surface area contributed by atoms with Gasteiger partial charge in [0, 0.05) is 81.0 Å². The second kappa shape index (κ2) is 23.3. The molecule has 0 N–H and O–H groups in total. The number of para-hydroxylation sites is 2. The maximum absolute atomic E-state index is 7.22. The molecular formula is C86H68ClN3S. The number of rotatable bonds is 12. The molecule has 0 radical (unpaired) electrons. The first kappa shape index (κ1) is 57.2. The minimum Gasteiger partial charge on any atom is -0.309 e. The van der Waals surface area contributed by atoms with Gasteiger partial charge in [0.2, 0.25) is 0 Å². The third-order valence-electron chi connectivity index (χ3n) is 17.9. The van der Waals surface area contributed by atoms with Crippen molar-refractivity contribution in [3.8, 4) is 61.3 Å². The lowest BCUT2D eigenvalue weighted by molar-refractivity contribution is 0.590. The molecule has 440 valence electrons. The van der Waals surface area contributed by atoms with Gasteiger partial charge in [-0.2, -0.15) is 0 Å². The van der Waals surface area contributed by atoms with Gasteiger partial charge in [-0.05, 0) is 134 Å². The standard InChI is InChI=1S/C86H68ClN3S/c1-85(2,3)63-45-47-77-75(51-63)76-52-64(86(4,5)6)46-48-78(76)90(77)79-55-69(56-81-82(79)74-39-22-23-44-80(74)91-81)89(84-72(60-33-18-10-19-34-60)42-26-43-73(84)61-35-20-11-21-36-61)68-50-62(57-27-12-7-13-28-57)49-67(54-68)88(66-38-24-37-65(87)53-66)83-70(58-29-14-8-15-30-58)40-25-41-71(83)59-31-16-9-17-32-59/h7-56H,1-6H3. The quantitative estimate of drug-likeness (QED) is 0.121. The van der Waals surface area contributed by atoms with Gasteiger partial charge in [-0.1, -0.05) is 278 Å². The molecule has 0 bridgehead atoms. The molecule has 0 aliphatic rings. The number of hydrogen-bond acceptors (Lipinski definition) is 3. The summed E-state index contributed by atoms with van der Waals surface area (Å²) in [6.07, 6.45) is 0. The molecule has 0 aliphatic carbocycles. The molecule has 3 nitrogen and oxygen atoms in total. The Hall–Kier alpha value is -10.2. The van der Waals surface area contributed by atoms with E-state index in [1.165, 1.54) is 53.1 Å². The predicted molar refractivity (Wildman–Crippen MR) is 393 cm³/mol. The van der Waals surface area contributed by atoms with Gasteiger partial charge in [-0.15, -0.1) is 11.3 Å². The molecule has 0 unspecified atom stereocenters. The third kappa shape index (κ3) is 10.7. The van der Waals surface area contributed by atoms with Crippen LogP contribution in [0.25, 0.3) is 103 Å². The molecule has 0 saturated carbocycles. The van der Waals surface area contributed by atoms with Crippen LogP contribution < -0.4 is 9.80 Å². The Balaban J connectivity index is 1.11. The Morgan fingerprint density at radius 1 is 0.308 bits per heavy atom. The predicted octanol–water partition coefficient (Wildman–Crippen LogP) is 25.7. The maximum atomic E-state index is 7.22. The number of fused-ring (bicyclic) bond motifs is 6. The van der Waals surface area contributed by atoms with Crippen molar-refractivity contribution in [1.82, 2.24) is 4.57 Å². The summed E-state index contributed by atoms with van der Waals surface area (Å²) in [6.45, 7) is 13.9. The number of halogens is 1. The van der Waals surface area contributed by atoms with Gasteiger partial charge in [0.15, 0.2) is 0 Å². The number of thiophene rings is 1. The lowest BCUT2D eigenvalue weighted by atomic mass is 9.85. The van der Waals surface area contributed by atoms with Crippen LogP contribution in [-0.4, -0.2) is 4.57 Å². The number of benzene rings is 13. The minimum atomic E-state index is -0.0632. The Morgan fingerprint density at radius 3 is 1.16 bits per heavy atom. The Labute approximate surface area is 543 Å². The van der Waals surface area contributed by atoms with Gasteiger partial charge >= 0.3 is 0 Å². The fourth-order valence-corrected chi connectivity index (χ4v) is 14.7. The van der Waals surface area contributed by atoms with Gasteiger partial charge in [0.1, 0.15) is 0 Å². The van der Waals surface area contributed by atoms with Crippen LogP contribution in [0.5, 0.6) is 0 Å². The zero-order chi connectivity index (χ0) is 62.0. The number of anilines is 6. The number of aromatic nitrogens is 1. The molecule has 13 aromatic carbocycles. The van der Waals surface area contributed by atoms with Crippen molar-refractivity contribution in [2.75, 3.05) is 9.80 Å². The summed E-state index contributed by atoms with van der Waals surface area (Å²) in [5.41, 5.74) is 22.8. The summed E-state index contributed by atoms with van der Waals surface area (Å²) in [4.78, 5) is 5.02. The summed E-state index contributed by atoms with van der Waals surface area (Å²) in [5, 5.41) is 5.59. The van der Waals surface area contributed by atoms with Crippen molar-refractivity contribution in [1.29, 1.82) is 0 Å². The molecule has 91 heavy (non-hydrogen) atoms. The Morgan fingerprint density at radius 2 is 0.714 bits per heavy atom. The molecule has 0 saturated heterocycles. The van der Waals surface area contributed by atoms with Crippen LogP contribution in [0.1, 0.15) is 52.7 Å². The highest BCUT2D eigenvalue weighted by Crippen LogP contribution is 2.54. The fourth-order valence-electron chi connectivity index (χ4n) is 13.4. The number of nitrogens with zero attached hydrogens (tertiary/aromatic N) is 3. The summed E-state index contributed by atoms with van der Waals surface area (Å²) in [6, 6.07) is 112. The summed E-state index contributed by atoms with van der Waals surface area (Å²) in [7, 11) is 0. The summed E-state index contributed by atoms with van der Waals surface area (Å²) < 4.78 is 5.00. The molecule has 15 aromatic rings. The molecule has 5 heteroatoms. The molecule has 15 rings (SSSR count). The molecule has 0 fully saturated rings. The first-order valence-electron chi connectivity index (χ1n) is 31.4. The smallest absolute Gasteiger partial charge is 0.0618 e. The normalized spacial score (nSPS) is 11.9. The second-order valence-electron chi connectivity index (χ2n) is 25.9. The van der Waals surface area contributed by atoms with Gasteiger partial charge < -0.3 is 14.4 Å². The average molecular weight is 1210 g/mol. The molecule has 0 amide bonds. The summed E-state index contributed by atoms with van der Waals surface area (Å²) in [5.74, 6) is 0. The molecule has 2 aromatic heterocycles. The fraction of sp³-hybridized carbons (Fsp3) is 0.0930. The van der Waals surface area contributed by atoms with Crippen molar-refractivity contribution in [2.45, 2.75) is 52.4 Å². The van der Waals surface area contributed by atoms with E-state index in [1.807, 2.05) is 17.4 Å². The van der Waals surface area contributed by atoms with Crippen molar-refractivity contribution >= 4 is 99.0 Å². The van der Waals surface area contributed by atoms with Crippen LogP contribution in [0.4, 0.5) is 34.1 Å². The van der Waals surface area contributed by atoms with Gasteiger partial charge in [0.25, 0.3) is 0 Å². The molecule has 0 aliphatic heterocycles. The highest BCUT2D eigenvalue weighted by atomic mass is 35.5. The summed E-state index contributed by atoms with van der Waals surface area (Å²) >= 11 is 9.08. The lowest BCUT2D eigenvalue weighted by Crippen LogP contribution is -2.16. The van der Waals surface area contributed by atoms with Crippen molar-refractivity contribution in [3.63, 3.8) is 0 Å². The minimum absolute atomic E-state index is 0.0632. The van der Waals surface area contributed by atoms with E-state index in [2.05, 4.69) is 353 Å². The van der Waals surface area contributed by atoms with E-state index in [9.17, 15) is 0 Å². The first-order valence-corrected chi connectivity index (χ1v) is 32.6. The van der Waals surface area contributed by atoms with E-state index in [0.717, 1.165) is 95.4 Å². The third-order valence-corrected chi connectivity index (χ3v) is 19.2. The van der Waals surface area contributed by atoms with Crippen LogP contribution in [0.2, 0.25) is 5.02 Å². The van der Waals surface area contributed by atoms with E-state index in [0.29, 0.717) is 5.02 Å². The Kier molecular flexibility index (Phi) is 14.6. The van der Waals surface area contributed by atoms with Crippen LogP contribution >= 0.6 is 22.9 Å². The van der Waals surface area contributed by atoms with Crippen LogP contribution in [0, 0.1) is 0 Å². The van der Waals surface area contributed by atoms with E-state index in [1.54, 1.807) is 0 Å². The average Bonchev–Trinajstić information content (AvgIpc) is 1.58. The van der Waals surface area contributed by atoms with Crippen molar-refractivity contribution < 1.29 is 0 Å². The molecule has 2 heterocycles. The maximum Gasteiger partial charge on any atom is 0.0618 e. The van der Waals surface area contributed by atoms with Crippen LogP contribution in [0.15, 0.2) is 303 Å². The topological polar surface area (TPSA) is 11.4 Å². The first-order chi connectivity index (χ1) is 44.3.